The summed E-state index contributed by atoms with van der Waals surface area (Å²) in [6, 6.07) is 17.9. The molecule has 1 heterocycles. The molecule has 0 radical (unpaired) electrons. The number of para-hydroxylation sites is 1. The largest absolute Gasteiger partial charge is 0.450 e. The normalized spacial score (nSPS) is 11.8. The summed E-state index contributed by atoms with van der Waals surface area (Å²) in [6.45, 7) is 0. The van der Waals surface area contributed by atoms with Crippen molar-refractivity contribution in [3.05, 3.63) is 97.3 Å². The van der Waals surface area contributed by atoms with Gasteiger partial charge in [0.2, 0.25) is 10.6 Å². The standard InChI is InChI=1S/C21H15N5O5S/c1-24-17-4-2-3-5-20(17)32-21(24)23-22-13-14-6-9-16(10-7-14)31-19-11-8-15(25(27)28)12-18(19)26(29)30/h2-13H,1H3/b22-13-,23-21-. The molecule has 0 saturated heterocycles. The molecule has 4 rings (SSSR count). The molecule has 0 aliphatic carbocycles. The van der Waals surface area contributed by atoms with Crippen LogP contribution in [0.5, 0.6) is 11.5 Å². The van der Waals surface area contributed by atoms with Gasteiger partial charge in [-0.3, -0.25) is 20.2 Å². The van der Waals surface area contributed by atoms with E-state index in [1.165, 1.54) is 17.4 Å². The highest BCUT2D eigenvalue weighted by atomic mass is 32.1. The van der Waals surface area contributed by atoms with E-state index in [-0.39, 0.29) is 11.4 Å². The number of nitro groups is 2. The number of ether oxygens (including phenoxy) is 1. The lowest BCUT2D eigenvalue weighted by atomic mass is 10.2. The summed E-state index contributed by atoms with van der Waals surface area (Å²) in [7, 11) is 1.93. The Morgan fingerprint density at radius 3 is 2.44 bits per heavy atom. The van der Waals surface area contributed by atoms with Gasteiger partial charge in [0.15, 0.2) is 0 Å². The summed E-state index contributed by atoms with van der Waals surface area (Å²) < 4.78 is 8.63. The summed E-state index contributed by atoms with van der Waals surface area (Å²) in [6.07, 6.45) is 1.59. The van der Waals surface area contributed by atoms with E-state index in [9.17, 15) is 20.2 Å². The fraction of sp³-hybridized carbons (Fsp3) is 0.0476. The first kappa shape index (κ1) is 20.9. The van der Waals surface area contributed by atoms with E-state index in [4.69, 9.17) is 4.74 Å². The Morgan fingerprint density at radius 1 is 1.00 bits per heavy atom. The Balaban J connectivity index is 1.52. The van der Waals surface area contributed by atoms with Crippen molar-refractivity contribution < 1.29 is 14.6 Å². The lowest BCUT2D eigenvalue weighted by Crippen LogP contribution is -2.08. The van der Waals surface area contributed by atoms with Crippen molar-refractivity contribution in [1.29, 1.82) is 0 Å². The number of nitro benzene ring substituents is 2. The predicted octanol–water partition coefficient (Wildman–Crippen LogP) is 4.78. The van der Waals surface area contributed by atoms with Gasteiger partial charge in [0.25, 0.3) is 5.69 Å². The number of thiazole rings is 1. The average molecular weight is 449 g/mol. The molecule has 32 heavy (non-hydrogen) atoms. The van der Waals surface area contributed by atoms with Crippen LogP contribution in [0.3, 0.4) is 0 Å². The molecule has 160 valence electrons. The minimum Gasteiger partial charge on any atom is -0.450 e. The molecule has 0 saturated carbocycles. The van der Waals surface area contributed by atoms with Gasteiger partial charge in [0, 0.05) is 13.1 Å². The van der Waals surface area contributed by atoms with Gasteiger partial charge in [-0.05, 0) is 48.0 Å². The highest BCUT2D eigenvalue weighted by Gasteiger charge is 2.21. The van der Waals surface area contributed by atoms with Crippen LogP contribution in [0.15, 0.2) is 76.9 Å². The van der Waals surface area contributed by atoms with E-state index < -0.39 is 15.5 Å². The second kappa shape index (κ2) is 8.78. The minimum atomic E-state index is -0.723. The van der Waals surface area contributed by atoms with Crippen LogP contribution in [0.25, 0.3) is 10.2 Å². The van der Waals surface area contributed by atoms with E-state index in [1.54, 1.807) is 30.5 Å². The number of hydrogen-bond donors (Lipinski definition) is 0. The molecule has 0 unspecified atom stereocenters. The van der Waals surface area contributed by atoms with Crippen molar-refractivity contribution in [3.8, 4) is 11.5 Å². The topological polar surface area (TPSA) is 125 Å². The van der Waals surface area contributed by atoms with Crippen LogP contribution in [-0.2, 0) is 7.05 Å². The average Bonchev–Trinajstić information content (AvgIpc) is 3.10. The number of rotatable bonds is 6. The Hall–Kier alpha value is -4.38. The first-order valence-corrected chi connectivity index (χ1v) is 10.1. The van der Waals surface area contributed by atoms with Gasteiger partial charge in [-0.1, -0.05) is 23.5 Å². The molecule has 0 aliphatic heterocycles. The van der Waals surface area contributed by atoms with Gasteiger partial charge in [-0.2, -0.15) is 5.10 Å². The lowest BCUT2D eigenvalue weighted by Gasteiger charge is -2.06. The molecule has 10 nitrogen and oxygen atoms in total. The monoisotopic (exact) mass is 449 g/mol. The van der Waals surface area contributed by atoms with Crippen molar-refractivity contribution in [2.75, 3.05) is 0 Å². The maximum atomic E-state index is 11.2. The molecule has 1 aromatic heterocycles. The van der Waals surface area contributed by atoms with E-state index >= 15 is 0 Å². The first-order chi connectivity index (χ1) is 15.4. The van der Waals surface area contributed by atoms with Crippen molar-refractivity contribution >= 4 is 39.1 Å². The van der Waals surface area contributed by atoms with Gasteiger partial charge >= 0.3 is 5.69 Å². The van der Waals surface area contributed by atoms with Crippen LogP contribution in [0, 0.1) is 20.2 Å². The van der Waals surface area contributed by atoms with Gasteiger partial charge in [0.05, 0.1) is 32.3 Å². The quantitative estimate of drug-likeness (QED) is 0.238. The SMILES string of the molecule is Cn1/c(=N/N=C\c2ccc(Oc3ccc([N+](=O)[O-])cc3[N+](=O)[O-])cc2)sc2ccccc21. The molecular weight excluding hydrogens is 434 g/mol. The molecule has 0 atom stereocenters. The molecule has 11 heteroatoms. The van der Waals surface area contributed by atoms with Crippen LogP contribution in [0.2, 0.25) is 0 Å². The van der Waals surface area contributed by atoms with Crippen LogP contribution < -0.4 is 9.54 Å². The highest BCUT2D eigenvalue weighted by Crippen LogP contribution is 2.34. The Kier molecular flexibility index (Phi) is 5.73. The van der Waals surface area contributed by atoms with Gasteiger partial charge in [-0.15, -0.1) is 5.10 Å². The third-order valence-electron chi connectivity index (χ3n) is 4.52. The summed E-state index contributed by atoms with van der Waals surface area (Å²) in [4.78, 5) is 21.4. The van der Waals surface area contributed by atoms with Crippen LogP contribution in [0.1, 0.15) is 5.56 Å². The molecular formula is C21H15N5O5S. The predicted molar refractivity (Wildman–Crippen MR) is 120 cm³/mol. The third-order valence-corrected chi connectivity index (χ3v) is 5.63. The maximum Gasteiger partial charge on any atom is 0.318 e. The Labute approximate surface area is 184 Å². The van der Waals surface area contributed by atoms with E-state index in [1.807, 2.05) is 35.9 Å². The fourth-order valence-electron chi connectivity index (χ4n) is 2.92. The number of non-ortho nitro benzene ring substituents is 1. The first-order valence-electron chi connectivity index (χ1n) is 9.25. The van der Waals surface area contributed by atoms with E-state index in [0.29, 0.717) is 5.75 Å². The zero-order chi connectivity index (χ0) is 22.7. The summed E-state index contributed by atoms with van der Waals surface area (Å²) in [5.74, 6) is 0.251. The molecule has 0 spiro atoms. The number of benzene rings is 3. The number of aryl methyl sites for hydroxylation is 1. The van der Waals surface area contributed by atoms with Crippen molar-refractivity contribution in [3.63, 3.8) is 0 Å². The zero-order valence-electron chi connectivity index (χ0n) is 16.6. The maximum absolute atomic E-state index is 11.2. The van der Waals surface area contributed by atoms with E-state index in [2.05, 4.69) is 10.2 Å². The van der Waals surface area contributed by atoms with Crippen LogP contribution in [-0.4, -0.2) is 20.6 Å². The molecule has 0 N–H and O–H groups in total. The molecule has 0 bridgehead atoms. The molecule has 0 fully saturated rings. The van der Waals surface area contributed by atoms with Gasteiger partial charge < -0.3 is 9.30 Å². The summed E-state index contributed by atoms with van der Waals surface area (Å²) in [5, 5.41) is 30.5. The Morgan fingerprint density at radius 2 is 1.75 bits per heavy atom. The van der Waals surface area contributed by atoms with Crippen LogP contribution >= 0.6 is 11.3 Å². The highest BCUT2D eigenvalue weighted by molar-refractivity contribution is 7.16. The number of aromatic nitrogens is 1. The fourth-order valence-corrected chi connectivity index (χ4v) is 3.90. The molecule has 3 aromatic carbocycles. The molecule has 4 aromatic rings. The number of fused-ring (bicyclic) bond motifs is 1. The summed E-state index contributed by atoms with van der Waals surface area (Å²) in [5.41, 5.74) is 0.961. The smallest absolute Gasteiger partial charge is 0.318 e. The summed E-state index contributed by atoms with van der Waals surface area (Å²) >= 11 is 1.53. The second-order valence-electron chi connectivity index (χ2n) is 6.59. The van der Waals surface area contributed by atoms with Gasteiger partial charge in [0.1, 0.15) is 5.75 Å². The number of nitrogens with zero attached hydrogens (tertiary/aromatic N) is 5. The van der Waals surface area contributed by atoms with Crippen LogP contribution in [0.4, 0.5) is 11.4 Å². The Bertz CT molecular complexity index is 1420. The van der Waals surface area contributed by atoms with Crippen molar-refractivity contribution in [2.24, 2.45) is 17.3 Å². The van der Waals surface area contributed by atoms with Crippen molar-refractivity contribution in [2.45, 2.75) is 0 Å². The zero-order valence-corrected chi connectivity index (χ0v) is 17.4. The lowest BCUT2D eigenvalue weighted by molar-refractivity contribution is -0.394. The molecule has 0 aliphatic rings. The number of hydrogen-bond acceptors (Lipinski definition) is 8. The van der Waals surface area contributed by atoms with Crippen molar-refractivity contribution in [1.82, 2.24) is 4.57 Å². The van der Waals surface area contributed by atoms with E-state index in [0.717, 1.165) is 32.7 Å². The second-order valence-corrected chi connectivity index (χ2v) is 7.60. The molecule has 0 amide bonds. The minimum absolute atomic E-state index is 0.0886. The third kappa shape index (κ3) is 4.37. The van der Waals surface area contributed by atoms with Gasteiger partial charge in [-0.25, -0.2) is 0 Å².